The molecule has 3 heterocycles. The van der Waals surface area contributed by atoms with Crippen molar-refractivity contribution < 1.29 is 13.9 Å². The highest BCUT2D eigenvalue weighted by atomic mass is 19.1. The number of aromatic nitrogens is 1. The number of fused-ring (bicyclic) bond motifs is 1. The molecule has 2 atom stereocenters. The fraction of sp³-hybridized carbons (Fsp3) is 0.522. The Morgan fingerprint density at radius 3 is 2.50 bits per heavy atom. The quantitative estimate of drug-likeness (QED) is 0.770. The van der Waals surface area contributed by atoms with Crippen LogP contribution in [0, 0.1) is 25.6 Å². The van der Waals surface area contributed by atoms with Gasteiger partial charge >= 0.3 is 0 Å². The van der Waals surface area contributed by atoms with Crippen molar-refractivity contribution in [2.24, 2.45) is 5.92 Å². The topological polar surface area (TPSA) is 34.6 Å². The Hall–Kier alpha value is -2.14. The van der Waals surface area contributed by atoms with Crippen LogP contribution in [0.4, 0.5) is 4.39 Å². The number of rotatable bonds is 4. The number of ether oxygens (including phenoxy) is 2. The summed E-state index contributed by atoms with van der Waals surface area (Å²) in [6.45, 7) is 9.17. The van der Waals surface area contributed by atoms with Crippen LogP contribution in [0.1, 0.15) is 48.3 Å². The lowest BCUT2D eigenvalue weighted by molar-refractivity contribution is 0.128. The van der Waals surface area contributed by atoms with Crippen molar-refractivity contribution in [2.45, 2.75) is 46.1 Å². The summed E-state index contributed by atoms with van der Waals surface area (Å²) in [5.41, 5.74) is 4.21. The fourth-order valence-corrected chi connectivity index (χ4v) is 4.58. The summed E-state index contributed by atoms with van der Waals surface area (Å²) in [6, 6.07) is 7.70. The highest BCUT2D eigenvalue weighted by Crippen LogP contribution is 2.37. The lowest BCUT2D eigenvalue weighted by atomic mass is 9.89. The second-order valence-electron chi connectivity index (χ2n) is 8.16. The van der Waals surface area contributed by atoms with Crippen molar-refractivity contribution in [3.05, 3.63) is 52.6 Å². The molecule has 4 nitrogen and oxygen atoms in total. The predicted octanol–water partition coefficient (Wildman–Crippen LogP) is 4.62. The Morgan fingerprint density at radius 1 is 1.11 bits per heavy atom. The minimum Gasteiger partial charge on any atom is -0.486 e. The maximum Gasteiger partial charge on any atom is 0.164 e. The van der Waals surface area contributed by atoms with Gasteiger partial charge in [0.05, 0.1) is 0 Å². The van der Waals surface area contributed by atoms with Crippen molar-refractivity contribution in [3.63, 3.8) is 0 Å². The van der Waals surface area contributed by atoms with Crippen molar-refractivity contribution in [3.8, 4) is 11.5 Å². The van der Waals surface area contributed by atoms with E-state index in [4.69, 9.17) is 9.47 Å². The number of likely N-dealkylation sites (tertiary alicyclic amines) is 1. The molecule has 0 saturated carbocycles. The van der Waals surface area contributed by atoms with Crippen molar-refractivity contribution in [1.82, 2.24) is 9.88 Å². The molecule has 0 spiro atoms. The van der Waals surface area contributed by atoms with Gasteiger partial charge in [0.2, 0.25) is 0 Å². The number of halogens is 1. The molecular formula is C23H29FN2O2. The van der Waals surface area contributed by atoms with Gasteiger partial charge in [-0.2, -0.15) is 0 Å². The van der Waals surface area contributed by atoms with E-state index in [2.05, 4.69) is 42.8 Å². The van der Waals surface area contributed by atoms with Crippen LogP contribution in [0.25, 0.3) is 0 Å². The van der Waals surface area contributed by atoms with E-state index in [1.807, 2.05) is 6.07 Å². The standard InChI is InChI=1S/C23H29FN2O2/c1-15-9-19(10-16(2)25-15)11-18-5-4-6-26(14-18)17(3)20-12-22-23(13-21(20)24)28-8-7-27-22/h9-10,12-13,17-18H,4-8,11,14H2,1-3H3/t17?,18-/m1/s1. The smallest absolute Gasteiger partial charge is 0.164 e. The third-order valence-electron chi connectivity index (χ3n) is 5.88. The molecule has 0 amide bonds. The van der Waals surface area contributed by atoms with Gasteiger partial charge < -0.3 is 9.47 Å². The van der Waals surface area contributed by atoms with Gasteiger partial charge in [-0.15, -0.1) is 0 Å². The normalized spacial score (nSPS) is 20.8. The third-order valence-corrected chi connectivity index (χ3v) is 5.88. The molecule has 1 unspecified atom stereocenters. The molecule has 2 aliphatic rings. The number of pyridine rings is 1. The second kappa shape index (κ2) is 8.08. The minimum absolute atomic E-state index is 0.0135. The highest BCUT2D eigenvalue weighted by molar-refractivity contribution is 5.45. The molecule has 150 valence electrons. The molecule has 28 heavy (non-hydrogen) atoms. The Morgan fingerprint density at radius 2 is 1.79 bits per heavy atom. The van der Waals surface area contributed by atoms with Crippen molar-refractivity contribution >= 4 is 0 Å². The molecule has 4 rings (SSSR count). The molecule has 0 bridgehead atoms. The zero-order valence-corrected chi connectivity index (χ0v) is 17.0. The zero-order chi connectivity index (χ0) is 19.7. The van der Waals surface area contributed by atoms with E-state index in [1.54, 1.807) is 0 Å². The average Bonchev–Trinajstić information content (AvgIpc) is 2.66. The van der Waals surface area contributed by atoms with Crippen LogP contribution in [0.5, 0.6) is 11.5 Å². The average molecular weight is 384 g/mol. The van der Waals surface area contributed by atoms with E-state index in [1.165, 1.54) is 18.1 Å². The van der Waals surface area contributed by atoms with Crippen LogP contribution in [0.15, 0.2) is 24.3 Å². The van der Waals surface area contributed by atoms with Crippen LogP contribution in [0.3, 0.4) is 0 Å². The predicted molar refractivity (Wildman–Crippen MR) is 108 cm³/mol. The molecule has 5 heteroatoms. The molecule has 2 aromatic rings. The summed E-state index contributed by atoms with van der Waals surface area (Å²) in [4.78, 5) is 6.89. The Kier molecular flexibility index (Phi) is 5.54. The van der Waals surface area contributed by atoms with Gasteiger partial charge in [0.25, 0.3) is 0 Å². The largest absolute Gasteiger partial charge is 0.486 e. The van der Waals surface area contributed by atoms with Gasteiger partial charge in [-0.25, -0.2) is 4.39 Å². The molecule has 1 fully saturated rings. The third kappa shape index (κ3) is 4.14. The summed E-state index contributed by atoms with van der Waals surface area (Å²) < 4.78 is 25.9. The summed E-state index contributed by atoms with van der Waals surface area (Å²) in [6.07, 6.45) is 3.41. The van der Waals surface area contributed by atoms with Gasteiger partial charge in [-0.1, -0.05) is 0 Å². The molecule has 1 aromatic carbocycles. The van der Waals surface area contributed by atoms with Crippen LogP contribution in [-0.2, 0) is 6.42 Å². The van der Waals surface area contributed by atoms with Gasteiger partial charge in [-0.05, 0) is 76.3 Å². The minimum atomic E-state index is -0.209. The Bertz CT molecular complexity index is 834. The number of hydrogen-bond donors (Lipinski definition) is 0. The molecule has 0 N–H and O–H groups in total. The van der Waals surface area contributed by atoms with Crippen molar-refractivity contribution in [2.75, 3.05) is 26.3 Å². The molecule has 0 aliphatic carbocycles. The number of hydrogen-bond acceptors (Lipinski definition) is 4. The summed E-state index contributed by atoms with van der Waals surface area (Å²) in [7, 11) is 0. The van der Waals surface area contributed by atoms with Crippen LogP contribution in [-0.4, -0.2) is 36.2 Å². The monoisotopic (exact) mass is 384 g/mol. The number of piperidine rings is 1. The van der Waals surface area contributed by atoms with Gasteiger partial charge in [0, 0.05) is 35.6 Å². The SMILES string of the molecule is Cc1cc(C[C@H]2CCCN(C(C)c3cc4c(cc3F)OCCO4)C2)cc(C)n1. The summed E-state index contributed by atoms with van der Waals surface area (Å²) >= 11 is 0. The van der Waals surface area contributed by atoms with E-state index < -0.39 is 0 Å². The van der Waals surface area contributed by atoms with Gasteiger partial charge in [0.1, 0.15) is 19.0 Å². The van der Waals surface area contributed by atoms with Gasteiger partial charge in [0.15, 0.2) is 11.5 Å². The lowest BCUT2D eigenvalue weighted by Gasteiger charge is -2.37. The number of nitrogens with zero attached hydrogens (tertiary/aromatic N) is 2. The van der Waals surface area contributed by atoms with E-state index >= 15 is 0 Å². The molecule has 0 radical (unpaired) electrons. The Balaban J connectivity index is 1.48. The highest BCUT2D eigenvalue weighted by Gasteiger charge is 2.27. The van der Waals surface area contributed by atoms with E-state index in [-0.39, 0.29) is 11.9 Å². The first-order valence-electron chi connectivity index (χ1n) is 10.3. The maximum absolute atomic E-state index is 14.7. The second-order valence-corrected chi connectivity index (χ2v) is 8.16. The summed E-state index contributed by atoms with van der Waals surface area (Å²) in [5, 5.41) is 0. The molecule has 2 aliphatic heterocycles. The fourth-order valence-electron chi connectivity index (χ4n) is 4.58. The lowest BCUT2D eigenvalue weighted by Crippen LogP contribution is -2.38. The first kappa shape index (κ1) is 19.2. The number of aryl methyl sites for hydroxylation is 2. The zero-order valence-electron chi connectivity index (χ0n) is 17.0. The molecule has 1 saturated heterocycles. The van der Waals surface area contributed by atoms with Crippen molar-refractivity contribution in [1.29, 1.82) is 0 Å². The summed E-state index contributed by atoms with van der Waals surface area (Å²) in [5.74, 6) is 1.54. The van der Waals surface area contributed by atoms with Gasteiger partial charge in [-0.3, -0.25) is 9.88 Å². The van der Waals surface area contributed by atoms with Crippen LogP contribution in [0.2, 0.25) is 0 Å². The molecule has 1 aromatic heterocycles. The van der Waals surface area contributed by atoms with E-state index in [9.17, 15) is 4.39 Å². The van der Waals surface area contributed by atoms with E-state index in [0.717, 1.165) is 37.3 Å². The Labute approximate surface area is 166 Å². The first-order valence-corrected chi connectivity index (χ1v) is 10.3. The first-order chi connectivity index (χ1) is 13.5. The van der Waals surface area contributed by atoms with E-state index in [0.29, 0.717) is 36.2 Å². The van der Waals surface area contributed by atoms with Crippen LogP contribution < -0.4 is 9.47 Å². The molecular weight excluding hydrogens is 355 g/mol. The van der Waals surface area contributed by atoms with Crippen LogP contribution >= 0.6 is 0 Å². The maximum atomic E-state index is 14.7. The number of benzene rings is 1.